The Kier molecular flexibility index (Phi) is 7.05. The van der Waals surface area contributed by atoms with Gasteiger partial charge in [0.25, 0.3) is 0 Å². The molecule has 0 unspecified atom stereocenters. The van der Waals surface area contributed by atoms with E-state index in [1.54, 1.807) is 0 Å². The number of rotatable bonds is 7. The highest BCUT2D eigenvalue weighted by atomic mass is 19.1. The van der Waals surface area contributed by atoms with Crippen molar-refractivity contribution < 1.29 is 4.39 Å². The van der Waals surface area contributed by atoms with Crippen LogP contribution in [0.3, 0.4) is 0 Å². The molecule has 1 saturated heterocycles. The van der Waals surface area contributed by atoms with E-state index >= 15 is 0 Å². The van der Waals surface area contributed by atoms with E-state index in [4.69, 9.17) is 0 Å². The molecular weight excluding hydrogens is 329 g/mol. The van der Waals surface area contributed by atoms with Crippen LogP contribution >= 0.6 is 0 Å². The van der Waals surface area contributed by atoms with Crippen molar-refractivity contribution in [1.29, 1.82) is 5.26 Å². The Labute approximate surface area is 155 Å². The van der Waals surface area contributed by atoms with Crippen LogP contribution in [0.2, 0.25) is 0 Å². The van der Waals surface area contributed by atoms with E-state index in [0.717, 1.165) is 38.2 Å². The molecule has 0 amide bonds. The topological polar surface area (TPSA) is 55.0 Å². The first-order chi connectivity index (χ1) is 12.4. The number of hydrogen-bond donors (Lipinski definition) is 0. The summed E-state index contributed by atoms with van der Waals surface area (Å²) in [5, 5.41) is 17.1. The second-order valence-corrected chi connectivity index (χ2v) is 6.91. The molecule has 0 saturated carbocycles. The van der Waals surface area contributed by atoms with Crippen molar-refractivity contribution >= 4 is 5.69 Å². The number of anilines is 1. The van der Waals surface area contributed by atoms with Gasteiger partial charge in [-0.3, -0.25) is 4.90 Å². The van der Waals surface area contributed by atoms with E-state index in [1.165, 1.54) is 12.3 Å². The summed E-state index contributed by atoms with van der Waals surface area (Å²) in [6.07, 6.45) is 2.18. The fraction of sp³-hybridized carbons (Fsp3) is 0.450. The summed E-state index contributed by atoms with van der Waals surface area (Å²) in [6.45, 7) is 15.3. The van der Waals surface area contributed by atoms with Crippen LogP contribution in [0.5, 0.6) is 0 Å². The zero-order valence-electron chi connectivity index (χ0n) is 15.6. The molecule has 1 aliphatic heterocycles. The molecule has 1 aliphatic rings. The Hall–Kier alpha value is -2.52. The van der Waals surface area contributed by atoms with E-state index in [-0.39, 0.29) is 5.56 Å². The maximum Gasteiger partial charge on any atom is 0.143 e. The SMILES string of the molecule is C=CN=NC(=C)CN1CCN(c2cc(CC(C)C)cc(F)c2C#N)CC1. The third kappa shape index (κ3) is 5.24. The molecule has 2 rings (SSSR count). The molecule has 1 aromatic carbocycles. The molecule has 0 radical (unpaired) electrons. The normalized spacial score (nSPS) is 15.4. The van der Waals surface area contributed by atoms with Gasteiger partial charge in [0, 0.05) is 38.9 Å². The van der Waals surface area contributed by atoms with Gasteiger partial charge in [-0.25, -0.2) is 4.39 Å². The Morgan fingerprint density at radius 1 is 1.35 bits per heavy atom. The Bertz CT molecular complexity index is 724. The van der Waals surface area contributed by atoms with E-state index < -0.39 is 5.82 Å². The minimum absolute atomic E-state index is 0.134. The lowest BCUT2D eigenvalue weighted by Gasteiger charge is -2.36. The van der Waals surface area contributed by atoms with E-state index in [1.807, 2.05) is 12.1 Å². The van der Waals surface area contributed by atoms with Gasteiger partial charge in [0.2, 0.25) is 0 Å². The van der Waals surface area contributed by atoms with Gasteiger partial charge in [0.1, 0.15) is 17.4 Å². The second kappa shape index (κ2) is 9.25. The van der Waals surface area contributed by atoms with Gasteiger partial charge >= 0.3 is 0 Å². The molecule has 1 heterocycles. The minimum Gasteiger partial charge on any atom is -0.368 e. The van der Waals surface area contributed by atoms with Crippen molar-refractivity contribution in [2.75, 3.05) is 37.6 Å². The first-order valence-corrected chi connectivity index (χ1v) is 8.84. The van der Waals surface area contributed by atoms with Crippen molar-refractivity contribution in [3.63, 3.8) is 0 Å². The molecule has 0 aliphatic carbocycles. The largest absolute Gasteiger partial charge is 0.368 e. The highest BCUT2D eigenvalue weighted by Gasteiger charge is 2.22. The Morgan fingerprint density at radius 3 is 2.62 bits per heavy atom. The highest BCUT2D eigenvalue weighted by Crippen LogP contribution is 2.27. The molecule has 0 aromatic heterocycles. The Balaban J connectivity index is 2.09. The number of hydrogen-bond acceptors (Lipinski definition) is 5. The van der Waals surface area contributed by atoms with Gasteiger partial charge in [-0.2, -0.15) is 15.5 Å². The van der Waals surface area contributed by atoms with Crippen molar-refractivity contribution in [2.24, 2.45) is 16.1 Å². The van der Waals surface area contributed by atoms with Crippen LogP contribution in [-0.4, -0.2) is 37.6 Å². The maximum absolute atomic E-state index is 14.4. The molecule has 0 N–H and O–H groups in total. The predicted molar refractivity (Wildman–Crippen MR) is 103 cm³/mol. The third-order valence-corrected chi connectivity index (χ3v) is 4.28. The first kappa shape index (κ1) is 19.8. The van der Waals surface area contributed by atoms with Crippen LogP contribution in [-0.2, 0) is 6.42 Å². The van der Waals surface area contributed by atoms with Gasteiger partial charge < -0.3 is 4.90 Å². The number of halogens is 1. The molecule has 1 fully saturated rings. The molecule has 0 spiro atoms. The zero-order valence-corrected chi connectivity index (χ0v) is 15.6. The van der Waals surface area contributed by atoms with E-state index in [0.29, 0.717) is 23.8 Å². The van der Waals surface area contributed by atoms with E-state index in [2.05, 4.69) is 47.0 Å². The van der Waals surface area contributed by atoms with Crippen LogP contribution in [0.25, 0.3) is 0 Å². The number of nitriles is 1. The minimum atomic E-state index is -0.429. The second-order valence-electron chi connectivity index (χ2n) is 6.91. The zero-order chi connectivity index (χ0) is 19.1. The molecule has 26 heavy (non-hydrogen) atoms. The summed E-state index contributed by atoms with van der Waals surface area (Å²) in [5.41, 5.74) is 2.45. The van der Waals surface area contributed by atoms with Gasteiger partial charge in [-0.15, -0.1) is 0 Å². The fourth-order valence-electron chi connectivity index (χ4n) is 3.16. The number of benzene rings is 1. The van der Waals surface area contributed by atoms with Crippen molar-refractivity contribution in [1.82, 2.24) is 4.90 Å². The third-order valence-electron chi connectivity index (χ3n) is 4.28. The van der Waals surface area contributed by atoms with Gasteiger partial charge in [-0.05, 0) is 30.0 Å². The number of azo groups is 1. The fourth-order valence-corrected chi connectivity index (χ4v) is 3.16. The molecule has 6 heteroatoms. The summed E-state index contributed by atoms with van der Waals surface area (Å²) < 4.78 is 14.4. The monoisotopic (exact) mass is 355 g/mol. The molecule has 1 aromatic rings. The van der Waals surface area contributed by atoms with Crippen LogP contribution in [0, 0.1) is 23.1 Å². The highest BCUT2D eigenvalue weighted by molar-refractivity contribution is 5.61. The quantitative estimate of drug-likeness (QED) is 0.691. The van der Waals surface area contributed by atoms with Crippen LogP contribution in [0.15, 0.2) is 47.4 Å². The lowest BCUT2D eigenvalue weighted by Crippen LogP contribution is -2.47. The maximum atomic E-state index is 14.4. The van der Waals surface area contributed by atoms with E-state index in [9.17, 15) is 9.65 Å². The van der Waals surface area contributed by atoms with Gasteiger partial charge in [0.15, 0.2) is 0 Å². The summed E-state index contributed by atoms with van der Waals surface area (Å²) in [4.78, 5) is 4.32. The molecular formula is C20H26FN5. The molecule has 138 valence electrons. The lowest BCUT2D eigenvalue weighted by molar-refractivity contribution is 0.277. The average Bonchev–Trinajstić information content (AvgIpc) is 2.59. The number of nitrogens with zero attached hydrogens (tertiary/aromatic N) is 5. The molecule has 0 bridgehead atoms. The average molecular weight is 355 g/mol. The Morgan fingerprint density at radius 2 is 2.04 bits per heavy atom. The summed E-state index contributed by atoms with van der Waals surface area (Å²) in [7, 11) is 0. The van der Waals surface area contributed by atoms with Crippen LogP contribution in [0.1, 0.15) is 25.0 Å². The smallest absolute Gasteiger partial charge is 0.143 e. The molecule has 0 atom stereocenters. The standard InChI is InChI=1S/C20H26FN5/c1-5-23-24-16(4)14-25-6-8-26(9-7-25)20-12-17(10-15(2)3)11-19(21)18(20)13-22/h5,11-12,15H,1,4,6-10,14H2,2-3H3. The van der Waals surface area contributed by atoms with Crippen LogP contribution < -0.4 is 4.90 Å². The van der Waals surface area contributed by atoms with Crippen molar-refractivity contribution in [3.05, 3.63) is 54.1 Å². The van der Waals surface area contributed by atoms with Crippen molar-refractivity contribution in [3.8, 4) is 6.07 Å². The summed E-state index contributed by atoms with van der Waals surface area (Å²) >= 11 is 0. The summed E-state index contributed by atoms with van der Waals surface area (Å²) in [6, 6.07) is 5.49. The lowest BCUT2D eigenvalue weighted by atomic mass is 9.99. The summed E-state index contributed by atoms with van der Waals surface area (Å²) in [5.74, 6) is 0.00377. The van der Waals surface area contributed by atoms with Crippen molar-refractivity contribution in [2.45, 2.75) is 20.3 Å². The first-order valence-electron chi connectivity index (χ1n) is 8.84. The number of piperazine rings is 1. The van der Waals surface area contributed by atoms with Gasteiger partial charge in [0.05, 0.1) is 11.4 Å². The predicted octanol–water partition coefficient (Wildman–Crippen LogP) is 4.13. The van der Waals surface area contributed by atoms with Crippen LogP contribution in [0.4, 0.5) is 10.1 Å². The molecule has 5 nitrogen and oxygen atoms in total. The van der Waals surface area contributed by atoms with Gasteiger partial charge in [-0.1, -0.05) is 27.0 Å².